The Morgan fingerprint density at radius 2 is 1.95 bits per heavy atom. The first-order chi connectivity index (χ1) is 9.42. The van der Waals surface area contributed by atoms with Crippen LogP contribution < -0.4 is 5.32 Å². The fraction of sp³-hybridized carbons (Fsp3) is 0.933. The van der Waals surface area contributed by atoms with Crippen LogP contribution in [0.5, 0.6) is 0 Å². The molecule has 0 saturated carbocycles. The normalized spacial score (nSPS) is 14.4. The van der Waals surface area contributed by atoms with Gasteiger partial charge in [-0.15, -0.1) is 0 Å². The van der Waals surface area contributed by atoms with Crippen LogP contribution in [0.25, 0.3) is 0 Å². The van der Waals surface area contributed by atoms with E-state index in [4.69, 9.17) is 9.47 Å². The van der Waals surface area contributed by atoms with Crippen LogP contribution in [0, 0.1) is 0 Å². The number of carbonyl (C=O) groups is 1. The third-order valence-electron chi connectivity index (χ3n) is 3.13. The van der Waals surface area contributed by atoms with E-state index < -0.39 is 11.5 Å². The number of carboxylic acids is 1. The Labute approximate surface area is 123 Å². The lowest BCUT2D eigenvalue weighted by Crippen LogP contribution is -2.49. The van der Waals surface area contributed by atoms with Crippen LogP contribution in [0.15, 0.2) is 0 Å². The average molecular weight is 289 g/mol. The van der Waals surface area contributed by atoms with Crippen molar-refractivity contribution in [2.75, 3.05) is 26.4 Å². The minimum Gasteiger partial charge on any atom is -0.480 e. The summed E-state index contributed by atoms with van der Waals surface area (Å²) in [6.07, 6.45) is 3.50. The van der Waals surface area contributed by atoms with E-state index in [1.807, 2.05) is 20.8 Å². The number of rotatable bonds is 13. The van der Waals surface area contributed by atoms with Crippen molar-refractivity contribution in [3.05, 3.63) is 0 Å². The number of carboxylic acid groups (broad SMARTS) is 1. The third kappa shape index (κ3) is 9.28. The molecule has 0 aliphatic carbocycles. The standard InChI is InChI=1S/C15H31NO4/c1-5-9-16-15(4,14(17)18)8-6-7-10-19-11-12-20-13(2)3/h13,16H,5-12H2,1-4H3,(H,17,18). The molecule has 0 spiro atoms. The van der Waals surface area contributed by atoms with Gasteiger partial charge in [-0.25, -0.2) is 0 Å². The Hall–Kier alpha value is -0.650. The van der Waals surface area contributed by atoms with Gasteiger partial charge in [0.15, 0.2) is 0 Å². The van der Waals surface area contributed by atoms with Crippen LogP contribution in [-0.2, 0) is 14.3 Å². The molecule has 0 heterocycles. The molecule has 0 rings (SSSR count). The number of nitrogens with one attached hydrogen (secondary N) is 1. The van der Waals surface area contributed by atoms with E-state index in [-0.39, 0.29) is 6.10 Å². The minimum atomic E-state index is -0.823. The summed E-state index contributed by atoms with van der Waals surface area (Å²) in [6.45, 7) is 10.4. The van der Waals surface area contributed by atoms with Crippen LogP contribution in [0.3, 0.4) is 0 Å². The zero-order chi connectivity index (χ0) is 15.4. The number of hydrogen-bond acceptors (Lipinski definition) is 4. The zero-order valence-corrected chi connectivity index (χ0v) is 13.4. The lowest BCUT2D eigenvalue weighted by molar-refractivity contribution is -0.144. The first-order valence-electron chi connectivity index (χ1n) is 7.60. The van der Waals surface area contributed by atoms with Crippen LogP contribution in [-0.4, -0.2) is 49.1 Å². The molecule has 0 fully saturated rings. The third-order valence-corrected chi connectivity index (χ3v) is 3.13. The molecule has 0 aromatic rings. The number of aliphatic carboxylic acids is 1. The SMILES string of the molecule is CCCNC(C)(CCCCOCCOC(C)C)C(=O)O. The Kier molecular flexibility index (Phi) is 10.7. The second-order valence-electron chi connectivity index (χ2n) is 5.55. The molecule has 1 unspecified atom stereocenters. The summed E-state index contributed by atoms with van der Waals surface area (Å²) in [4.78, 5) is 11.3. The summed E-state index contributed by atoms with van der Waals surface area (Å²) in [5, 5.41) is 12.4. The summed E-state index contributed by atoms with van der Waals surface area (Å²) in [5.41, 5.74) is -0.823. The molecule has 20 heavy (non-hydrogen) atoms. The lowest BCUT2D eigenvalue weighted by atomic mass is 9.95. The van der Waals surface area contributed by atoms with Gasteiger partial charge in [-0.1, -0.05) is 6.92 Å². The van der Waals surface area contributed by atoms with Gasteiger partial charge in [-0.2, -0.15) is 0 Å². The van der Waals surface area contributed by atoms with Crippen molar-refractivity contribution in [2.45, 2.75) is 65.0 Å². The van der Waals surface area contributed by atoms with Gasteiger partial charge < -0.3 is 19.9 Å². The average Bonchev–Trinajstić information content (AvgIpc) is 2.39. The quantitative estimate of drug-likeness (QED) is 0.510. The first-order valence-corrected chi connectivity index (χ1v) is 7.60. The second kappa shape index (κ2) is 11.1. The van der Waals surface area contributed by atoms with E-state index in [9.17, 15) is 9.90 Å². The Morgan fingerprint density at radius 1 is 1.25 bits per heavy atom. The van der Waals surface area contributed by atoms with Crippen molar-refractivity contribution in [3.63, 3.8) is 0 Å². The van der Waals surface area contributed by atoms with E-state index in [2.05, 4.69) is 5.32 Å². The van der Waals surface area contributed by atoms with Crippen molar-refractivity contribution in [1.82, 2.24) is 5.32 Å². The molecule has 0 aromatic heterocycles. The summed E-state index contributed by atoms with van der Waals surface area (Å²) < 4.78 is 10.8. The van der Waals surface area contributed by atoms with E-state index in [0.717, 1.165) is 25.8 Å². The Morgan fingerprint density at radius 3 is 2.50 bits per heavy atom. The van der Waals surface area contributed by atoms with Gasteiger partial charge in [0.05, 0.1) is 19.3 Å². The molecular weight excluding hydrogens is 258 g/mol. The molecule has 0 aliphatic rings. The number of hydrogen-bond donors (Lipinski definition) is 2. The first kappa shape index (κ1) is 19.4. The summed E-state index contributed by atoms with van der Waals surface area (Å²) in [7, 11) is 0. The van der Waals surface area contributed by atoms with Gasteiger partial charge in [-0.3, -0.25) is 4.79 Å². The van der Waals surface area contributed by atoms with Gasteiger partial charge in [0.25, 0.3) is 0 Å². The van der Waals surface area contributed by atoms with E-state index in [1.54, 1.807) is 6.92 Å². The minimum absolute atomic E-state index is 0.236. The number of unbranched alkanes of at least 4 members (excludes halogenated alkanes) is 1. The largest absolute Gasteiger partial charge is 0.480 e. The van der Waals surface area contributed by atoms with Crippen molar-refractivity contribution >= 4 is 5.97 Å². The van der Waals surface area contributed by atoms with E-state index in [1.165, 1.54) is 0 Å². The van der Waals surface area contributed by atoms with Crippen LogP contribution in [0.4, 0.5) is 0 Å². The van der Waals surface area contributed by atoms with E-state index >= 15 is 0 Å². The van der Waals surface area contributed by atoms with Crippen molar-refractivity contribution < 1.29 is 19.4 Å². The molecule has 120 valence electrons. The summed E-state index contributed by atoms with van der Waals surface area (Å²) in [5.74, 6) is -0.780. The topological polar surface area (TPSA) is 67.8 Å². The highest BCUT2D eigenvalue weighted by Gasteiger charge is 2.31. The fourth-order valence-electron chi connectivity index (χ4n) is 1.80. The molecular formula is C15H31NO4. The van der Waals surface area contributed by atoms with Gasteiger partial charge in [0.2, 0.25) is 0 Å². The predicted octanol–water partition coefficient (Wildman–Crippen LogP) is 2.44. The van der Waals surface area contributed by atoms with Crippen LogP contribution in [0.1, 0.15) is 53.4 Å². The molecule has 0 amide bonds. The molecule has 5 heteroatoms. The molecule has 0 saturated heterocycles. The highest BCUT2D eigenvalue weighted by Crippen LogP contribution is 2.14. The van der Waals surface area contributed by atoms with Crippen molar-refractivity contribution in [2.24, 2.45) is 0 Å². The Bertz CT molecular complexity index is 258. The van der Waals surface area contributed by atoms with E-state index in [0.29, 0.717) is 26.2 Å². The maximum Gasteiger partial charge on any atom is 0.323 e. The van der Waals surface area contributed by atoms with Crippen molar-refractivity contribution in [1.29, 1.82) is 0 Å². The fourth-order valence-corrected chi connectivity index (χ4v) is 1.80. The van der Waals surface area contributed by atoms with Crippen LogP contribution >= 0.6 is 0 Å². The van der Waals surface area contributed by atoms with Gasteiger partial charge in [0, 0.05) is 6.61 Å². The van der Waals surface area contributed by atoms with Gasteiger partial charge in [-0.05, 0) is 53.0 Å². The summed E-state index contributed by atoms with van der Waals surface area (Å²) in [6, 6.07) is 0. The Balaban J connectivity index is 3.66. The maximum atomic E-state index is 11.3. The maximum absolute atomic E-state index is 11.3. The second-order valence-corrected chi connectivity index (χ2v) is 5.55. The van der Waals surface area contributed by atoms with Gasteiger partial charge in [0.1, 0.15) is 5.54 Å². The highest BCUT2D eigenvalue weighted by molar-refractivity contribution is 5.78. The zero-order valence-electron chi connectivity index (χ0n) is 13.4. The monoisotopic (exact) mass is 289 g/mol. The van der Waals surface area contributed by atoms with Crippen molar-refractivity contribution in [3.8, 4) is 0 Å². The molecule has 2 N–H and O–H groups in total. The molecule has 0 radical (unpaired) electrons. The molecule has 5 nitrogen and oxygen atoms in total. The highest BCUT2D eigenvalue weighted by atomic mass is 16.5. The lowest BCUT2D eigenvalue weighted by Gasteiger charge is -2.26. The number of ether oxygens (including phenoxy) is 2. The van der Waals surface area contributed by atoms with Gasteiger partial charge >= 0.3 is 5.97 Å². The molecule has 0 aromatic carbocycles. The summed E-state index contributed by atoms with van der Waals surface area (Å²) >= 11 is 0. The smallest absolute Gasteiger partial charge is 0.323 e. The molecule has 1 atom stereocenters. The van der Waals surface area contributed by atoms with Crippen LogP contribution in [0.2, 0.25) is 0 Å². The molecule has 0 bridgehead atoms. The predicted molar refractivity (Wildman–Crippen MR) is 80.1 cm³/mol. The molecule has 0 aliphatic heterocycles.